The predicted octanol–water partition coefficient (Wildman–Crippen LogP) is 3.53. The summed E-state index contributed by atoms with van der Waals surface area (Å²) < 4.78 is 24.2. The van der Waals surface area contributed by atoms with Gasteiger partial charge in [0.25, 0.3) is 0 Å². The number of nitrogens with two attached hydrogens (primary N) is 1. The number of hydrogen-bond acceptors (Lipinski definition) is 4. The molecule has 1 aromatic heterocycles. The van der Waals surface area contributed by atoms with Gasteiger partial charge in [0.1, 0.15) is 0 Å². The van der Waals surface area contributed by atoms with Gasteiger partial charge < -0.3 is 5.32 Å². The van der Waals surface area contributed by atoms with Gasteiger partial charge in [-0.25, -0.2) is 13.6 Å². The number of benzene rings is 1. The van der Waals surface area contributed by atoms with E-state index < -0.39 is 10.0 Å². The molecule has 3 N–H and O–H groups in total. The van der Waals surface area contributed by atoms with Crippen molar-refractivity contribution in [3.63, 3.8) is 0 Å². The first-order valence-corrected chi connectivity index (χ1v) is 9.11. The fourth-order valence-corrected chi connectivity index (χ4v) is 4.08. The Balaban J connectivity index is 2.14. The molecule has 0 unspecified atom stereocenters. The maximum absolute atomic E-state index is 11.2. The third-order valence-electron chi connectivity index (χ3n) is 2.35. The van der Waals surface area contributed by atoms with Gasteiger partial charge in [-0.2, -0.15) is 0 Å². The van der Waals surface area contributed by atoms with Crippen molar-refractivity contribution >= 4 is 58.9 Å². The van der Waals surface area contributed by atoms with Crippen molar-refractivity contribution in [3.8, 4) is 0 Å². The normalized spacial score (nSPS) is 11.5. The summed E-state index contributed by atoms with van der Waals surface area (Å²) in [6.07, 6.45) is 0. The molecule has 8 heteroatoms. The van der Waals surface area contributed by atoms with Gasteiger partial charge >= 0.3 is 0 Å². The minimum atomic E-state index is -3.67. The van der Waals surface area contributed by atoms with E-state index in [1.54, 1.807) is 17.4 Å². The highest BCUT2D eigenvalue weighted by Gasteiger charge is 2.10. The summed E-state index contributed by atoms with van der Waals surface area (Å²) in [6.45, 7) is 0.670. The van der Waals surface area contributed by atoms with Crippen LogP contribution in [0, 0.1) is 0 Å². The lowest BCUT2D eigenvalue weighted by atomic mass is 10.3. The van der Waals surface area contributed by atoms with Gasteiger partial charge in [-0.3, -0.25) is 0 Å². The molecule has 0 bridgehead atoms. The maximum Gasteiger partial charge on any atom is 0.238 e. The molecular weight excluding hydrogens is 416 g/mol. The van der Waals surface area contributed by atoms with Crippen LogP contribution in [0.4, 0.5) is 5.69 Å². The Morgan fingerprint density at radius 1 is 1.21 bits per heavy atom. The lowest BCUT2D eigenvalue weighted by molar-refractivity contribution is 0.598. The highest BCUT2D eigenvalue weighted by molar-refractivity contribution is 9.11. The van der Waals surface area contributed by atoms with Crippen molar-refractivity contribution in [1.82, 2.24) is 0 Å². The Bertz CT molecular complexity index is 698. The molecule has 19 heavy (non-hydrogen) atoms. The topological polar surface area (TPSA) is 72.2 Å². The Kier molecular flexibility index (Phi) is 4.67. The van der Waals surface area contributed by atoms with Crippen molar-refractivity contribution in [1.29, 1.82) is 0 Å². The van der Waals surface area contributed by atoms with Crippen LogP contribution < -0.4 is 10.5 Å². The van der Waals surface area contributed by atoms with Crippen molar-refractivity contribution in [2.75, 3.05) is 5.32 Å². The van der Waals surface area contributed by atoms with Crippen molar-refractivity contribution < 1.29 is 8.42 Å². The SMILES string of the molecule is NS(=O)(=O)c1ccc(NCc2ccc(Br)s2)c(Br)c1. The number of primary sulfonamides is 1. The number of sulfonamides is 1. The van der Waals surface area contributed by atoms with E-state index in [1.165, 1.54) is 17.0 Å². The van der Waals surface area contributed by atoms with Gasteiger partial charge in [-0.05, 0) is 62.2 Å². The molecule has 1 heterocycles. The number of hydrogen-bond donors (Lipinski definition) is 2. The molecule has 0 saturated heterocycles. The number of halogens is 2. The van der Waals surface area contributed by atoms with Gasteiger partial charge in [-0.1, -0.05) is 0 Å². The molecule has 0 spiro atoms. The van der Waals surface area contributed by atoms with Crippen LogP contribution in [-0.4, -0.2) is 8.42 Å². The minimum Gasteiger partial charge on any atom is -0.379 e. The third-order valence-corrected chi connectivity index (χ3v) is 5.54. The molecule has 0 amide bonds. The smallest absolute Gasteiger partial charge is 0.238 e. The second-order valence-corrected chi connectivity index (χ2v) is 8.71. The molecule has 4 nitrogen and oxygen atoms in total. The third kappa shape index (κ3) is 4.03. The van der Waals surface area contributed by atoms with E-state index in [-0.39, 0.29) is 4.90 Å². The van der Waals surface area contributed by atoms with Crippen molar-refractivity contribution in [3.05, 3.63) is 43.5 Å². The average Bonchev–Trinajstić information content (AvgIpc) is 2.72. The number of rotatable bonds is 4. The summed E-state index contributed by atoms with van der Waals surface area (Å²) in [5.41, 5.74) is 0.817. The summed E-state index contributed by atoms with van der Waals surface area (Å²) in [5.74, 6) is 0. The largest absolute Gasteiger partial charge is 0.379 e. The fraction of sp³-hybridized carbons (Fsp3) is 0.0909. The molecule has 2 aromatic rings. The molecule has 0 saturated carbocycles. The zero-order valence-electron chi connectivity index (χ0n) is 9.56. The Hall–Kier alpha value is -0.410. The number of anilines is 1. The Labute approximate surface area is 132 Å². The molecule has 0 aliphatic heterocycles. The van der Waals surface area contributed by atoms with Gasteiger partial charge in [0.2, 0.25) is 10.0 Å². The number of nitrogens with one attached hydrogen (secondary N) is 1. The highest BCUT2D eigenvalue weighted by atomic mass is 79.9. The first kappa shape index (κ1) is 15.0. The van der Waals surface area contributed by atoms with Crippen LogP contribution in [0.5, 0.6) is 0 Å². The molecule has 0 aliphatic carbocycles. The van der Waals surface area contributed by atoms with E-state index in [0.717, 1.165) is 9.47 Å². The van der Waals surface area contributed by atoms with E-state index in [4.69, 9.17) is 5.14 Å². The van der Waals surface area contributed by atoms with Gasteiger partial charge in [-0.15, -0.1) is 11.3 Å². The van der Waals surface area contributed by atoms with E-state index >= 15 is 0 Å². The van der Waals surface area contributed by atoms with Crippen molar-refractivity contribution in [2.45, 2.75) is 11.4 Å². The van der Waals surface area contributed by atoms with Crippen LogP contribution in [0.15, 0.2) is 43.5 Å². The van der Waals surface area contributed by atoms with Crippen LogP contribution in [0.25, 0.3) is 0 Å². The van der Waals surface area contributed by atoms with E-state index in [2.05, 4.69) is 37.2 Å². The summed E-state index contributed by atoms with van der Waals surface area (Å²) in [4.78, 5) is 1.26. The lowest BCUT2D eigenvalue weighted by Gasteiger charge is -2.08. The summed E-state index contributed by atoms with van der Waals surface area (Å²) in [6, 6.07) is 8.66. The fourth-order valence-electron chi connectivity index (χ4n) is 1.45. The second kappa shape index (κ2) is 5.92. The molecular formula is C11H10Br2N2O2S2. The quantitative estimate of drug-likeness (QED) is 0.786. The first-order valence-electron chi connectivity index (χ1n) is 5.17. The predicted molar refractivity (Wildman–Crippen MR) is 84.9 cm³/mol. The van der Waals surface area contributed by atoms with Gasteiger partial charge in [0, 0.05) is 21.6 Å². The van der Waals surface area contributed by atoms with E-state index in [9.17, 15) is 8.42 Å². The zero-order valence-corrected chi connectivity index (χ0v) is 14.4. The molecule has 2 rings (SSSR count). The molecule has 0 radical (unpaired) electrons. The second-order valence-electron chi connectivity index (χ2n) is 3.75. The maximum atomic E-state index is 11.2. The van der Waals surface area contributed by atoms with E-state index in [0.29, 0.717) is 11.0 Å². The minimum absolute atomic E-state index is 0.0868. The van der Waals surface area contributed by atoms with Crippen LogP contribution in [0.2, 0.25) is 0 Å². The standard InChI is InChI=1S/C11H10Br2N2O2S2/c12-9-5-8(19(14,16)17)2-3-10(9)15-6-7-1-4-11(13)18-7/h1-5,15H,6H2,(H2,14,16,17). The summed E-state index contributed by atoms with van der Waals surface area (Å²) >= 11 is 8.38. The van der Waals surface area contributed by atoms with Gasteiger partial charge in [0.15, 0.2) is 0 Å². The van der Waals surface area contributed by atoms with Crippen LogP contribution in [0.1, 0.15) is 4.88 Å². The first-order chi connectivity index (χ1) is 8.86. The lowest BCUT2D eigenvalue weighted by Crippen LogP contribution is -2.12. The Morgan fingerprint density at radius 2 is 1.95 bits per heavy atom. The molecule has 0 fully saturated rings. The average molecular weight is 426 g/mol. The zero-order chi connectivity index (χ0) is 14.0. The summed E-state index contributed by atoms with van der Waals surface area (Å²) in [7, 11) is -3.67. The van der Waals surface area contributed by atoms with Crippen LogP contribution in [0.3, 0.4) is 0 Å². The van der Waals surface area contributed by atoms with Crippen LogP contribution in [-0.2, 0) is 16.6 Å². The van der Waals surface area contributed by atoms with Crippen LogP contribution >= 0.6 is 43.2 Å². The highest BCUT2D eigenvalue weighted by Crippen LogP contribution is 2.27. The molecule has 0 atom stereocenters. The molecule has 102 valence electrons. The Morgan fingerprint density at radius 3 is 2.47 bits per heavy atom. The monoisotopic (exact) mass is 424 g/mol. The summed E-state index contributed by atoms with van der Waals surface area (Å²) in [5, 5.41) is 8.30. The van der Waals surface area contributed by atoms with Crippen molar-refractivity contribution in [2.24, 2.45) is 5.14 Å². The van der Waals surface area contributed by atoms with E-state index in [1.807, 2.05) is 12.1 Å². The molecule has 0 aliphatic rings. The number of thiophene rings is 1. The molecule has 1 aromatic carbocycles. The van der Waals surface area contributed by atoms with Gasteiger partial charge in [0.05, 0.1) is 8.68 Å².